The lowest BCUT2D eigenvalue weighted by molar-refractivity contribution is -0.259. The SMILES string of the molecule is CC1CCC(C)[C@@](O)(C(=O)C(=O)N2CCCC2C(=O)OC(C)C(C)CC2CCC(O)C(O)C2)O1. The first-order chi connectivity index (χ1) is 15.9. The molecule has 2 heterocycles. The van der Waals surface area contributed by atoms with Gasteiger partial charge in [0.25, 0.3) is 11.7 Å². The van der Waals surface area contributed by atoms with Gasteiger partial charge in [0.05, 0.1) is 18.3 Å². The molecule has 0 spiro atoms. The molecule has 0 aromatic carbocycles. The van der Waals surface area contributed by atoms with Crippen molar-refractivity contribution in [3.8, 4) is 0 Å². The maximum atomic E-state index is 13.0. The molecule has 2 aliphatic heterocycles. The van der Waals surface area contributed by atoms with E-state index in [2.05, 4.69) is 0 Å². The molecule has 1 amide bonds. The molecule has 3 N–H and O–H groups in total. The molecule has 3 aliphatic rings. The molecule has 3 rings (SSSR count). The number of ether oxygens (including phenoxy) is 2. The Hall–Kier alpha value is -1.55. The number of aliphatic hydroxyl groups is 3. The Kier molecular flexibility index (Phi) is 8.76. The number of likely N-dealkylation sites (tertiary alicyclic amines) is 1. The number of carbonyl (C=O) groups excluding carboxylic acids is 3. The summed E-state index contributed by atoms with van der Waals surface area (Å²) in [6, 6.07) is -0.863. The second-order valence-electron chi connectivity index (χ2n) is 10.8. The molecule has 9 heteroatoms. The van der Waals surface area contributed by atoms with Crippen molar-refractivity contribution >= 4 is 17.7 Å². The minimum atomic E-state index is -2.17. The fourth-order valence-electron chi connectivity index (χ4n) is 5.50. The molecule has 9 atom stereocenters. The third kappa shape index (κ3) is 5.80. The number of esters is 1. The van der Waals surface area contributed by atoms with Crippen LogP contribution in [0, 0.1) is 17.8 Å². The zero-order chi connectivity index (χ0) is 25.2. The number of amides is 1. The van der Waals surface area contributed by atoms with Gasteiger partial charge in [-0.25, -0.2) is 4.79 Å². The fraction of sp³-hybridized carbons (Fsp3) is 0.880. The highest BCUT2D eigenvalue weighted by molar-refractivity contribution is 6.39. The minimum absolute atomic E-state index is 0.0299. The van der Waals surface area contributed by atoms with Gasteiger partial charge in [0.1, 0.15) is 12.1 Å². The molecule has 3 fully saturated rings. The highest BCUT2D eigenvalue weighted by Crippen LogP contribution is 2.35. The van der Waals surface area contributed by atoms with Crippen LogP contribution >= 0.6 is 0 Å². The molecule has 8 unspecified atom stereocenters. The molecule has 0 bridgehead atoms. The number of Topliss-reactive ketones (excluding diaryl/α,β-unsaturated/α-hetero) is 1. The van der Waals surface area contributed by atoms with Crippen LogP contribution in [0.5, 0.6) is 0 Å². The maximum absolute atomic E-state index is 13.0. The Bertz CT molecular complexity index is 759. The summed E-state index contributed by atoms with van der Waals surface area (Å²) >= 11 is 0. The average Bonchev–Trinajstić information content (AvgIpc) is 3.28. The van der Waals surface area contributed by atoms with Crippen molar-refractivity contribution in [1.29, 1.82) is 0 Å². The number of ketones is 1. The lowest BCUT2D eigenvalue weighted by Crippen LogP contribution is -2.58. The molecule has 0 aromatic heterocycles. The van der Waals surface area contributed by atoms with Gasteiger partial charge in [0, 0.05) is 12.5 Å². The van der Waals surface area contributed by atoms with Crippen LogP contribution in [0.25, 0.3) is 0 Å². The van der Waals surface area contributed by atoms with Crippen LogP contribution in [0.15, 0.2) is 0 Å². The fourth-order valence-corrected chi connectivity index (χ4v) is 5.50. The summed E-state index contributed by atoms with van der Waals surface area (Å²) in [6.07, 6.45) is 2.76. The first-order valence-electron chi connectivity index (χ1n) is 12.8. The Labute approximate surface area is 201 Å². The second-order valence-corrected chi connectivity index (χ2v) is 10.8. The van der Waals surface area contributed by atoms with Gasteiger partial charge in [-0.15, -0.1) is 0 Å². The van der Waals surface area contributed by atoms with Crippen molar-refractivity contribution in [3.05, 3.63) is 0 Å². The molecule has 2 saturated heterocycles. The summed E-state index contributed by atoms with van der Waals surface area (Å²) in [7, 11) is 0. The van der Waals surface area contributed by atoms with Crippen LogP contribution in [0.4, 0.5) is 0 Å². The second kappa shape index (κ2) is 11.0. The highest BCUT2D eigenvalue weighted by atomic mass is 16.6. The topological polar surface area (TPSA) is 134 Å². The van der Waals surface area contributed by atoms with E-state index in [9.17, 15) is 29.7 Å². The molecular weight excluding hydrogens is 442 g/mol. The van der Waals surface area contributed by atoms with E-state index >= 15 is 0 Å². The first-order valence-corrected chi connectivity index (χ1v) is 12.8. The van der Waals surface area contributed by atoms with Crippen molar-refractivity contribution < 1.29 is 39.2 Å². The van der Waals surface area contributed by atoms with E-state index in [1.54, 1.807) is 13.8 Å². The van der Waals surface area contributed by atoms with Gasteiger partial charge in [0.2, 0.25) is 5.79 Å². The summed E-state index contributed by atoms with van der Waals surface area (Å²) in [6.45, 7) is 7.47. The number of hydrogen-bond acceptors (Lipinski definition) is 8. The van der Waals surface area contributed by atoms with Crippen molar-refractivity contribution in [1.82, 2.24) is 4.90 Å². The number of carbonyl (C=O) groups is 3. The molecule has 0 aromatic rings. The zero-order valence-electron chi connectivity index (χ0n) is 20.8. The van der Waals surface area contributed by atoms with E-state index in [0.29, 0.717) is 38.5 Å². The molecule has 9 nitrogen and oxygen atoms in total. The lowest BCUT2D eigenvalue weighted by atomic mass is 9.79. The largest absolute Gasteiger partial charge is 0.461 e. The van der Waals surface area contributed by atoms with Gasteiger partial charge in [-0.05, 0) is 77.0 Å². The summed E-state index contributed by atoms with van der Waals surface area (Å²) in [5.41, 5.74) is 0. The van der Waals surface area contributed by atoms with Crippen molar-refractivity contribution in [2.45, 2.75) is 115 Å². The smallest absolute Gasteiger partial charge is 0.329 e. The Morgan fingerprint density at radius 1 is 1.06 bits per heavy atom. The number of rotatable bonds is 7. The van der Waals surface area contributed by atoms with Gasteiger partial charge in [-0.1, -0.05) is 13.8 Å². The molecule has 1 aliphatic carbocycles. The number of nitrogens with zero attached hydrogens (tertiary/aromatic N) is 1. The molecule has 1 saturated carbocycles. The van der Waals surface area contributed by atoms with Gasteiger partial charge in [0.15, 0.2) is 0 Å². The Morgan fingerprint density at radius 2 is 1.76 bits per heavy atom. The molecule has 194 valence electrons. The van der Waals surface area contributed by atoms with E-state index in [-0.39, 0.29) is 24.5 Å². The lowest BCUT2D eigenvalue weighted by Gasteiger charge is -2.40. The van der Waals surface area contributed by atoms with Crippen LogP contribution in [0.2, 0.25) is 0 Å². The van der Waals surface area contributed by atoms with Gasteiger partial charge < -0.3 is 29.7 Å². The van der Waals surface area contributed by atoms with Gasteiger partial charge in [-0.2, -0.15) is 0 Å². The molecular formula is C25H41NO8. The van der Waals surface area contributed by atoms with Crippen LogP contribution in [0.3, 0.4) is 0 Å². The third-order valence-corrected chi connectivity index (χ3v) is 8.06. The highest BCUT2D eigenvalue weighted by Gasteiger charge is 2.52. The van der Waals surface area contributed by atoms with Crippen molar-refractivity contribution in [2.75, 3.05) is 6.54 Å². The zero-order valence-corrected chi connectivity index (χ0v) is 20.8. The average molecular weight is 484 g/mol. The molecule has 34 heavy (non-hydrogen) atoms. The quantitative estimate of drug-likeness (QED) is 0.367. The maximum Gasteiger partial charge on any atom is 0.329 e. The van der Waals surface area contributed by atoms with Crippen LogP contribution in [-0.2, 0) is 23.9 Å². The van der Waals surface area contributed by atoms with E-state index in [4.69, 9.17) is 9.47 Å². The number of aliphatic hydroxyl groups excluding tert-OH is 2. The Balaban J connectivity index is 1.58. The van der Waals surface area contributed by atoms with E-state index in [1.807, 2.05) is 13.8 Å². The predicted octanol–water partition coefficient (Wildman–Crippen LogP) is 1.55. The van der Waals surface area contributed by atoms with Crippen molar-refractivity contribution in [2.24, 2.45) is 17.8 Å². The summed E-state index contributed by atoms with van der Waals surface area (Å²) < 4.78 is 11.2. The van der Waals surface area contributed by atoms with Crippen molar-refractivity contribution in [3.63, 3.8) is 0 Å². The Morgan fingerprint density at radius 3 is 2.44 bits per heavy atom. The summed E-state index contributed by atoms with van der Waals surface area (Å²) in [4.78, 5) is 40.2. The van der Waals surface area contributed by atoms with Crippen LogP contribution in [0.1, 0.15) is 79.1 Å². The van der Waals surface area contributed by atoms with Gasteiger partial charge >= 0.3 is 5.97 Å². The number of hydrogen-bond donors (Lipinski definition) is 3. The van der Waals surface area contributed by atoms with Crippen LogP contribution in [-0.4, -0.2) is 80.7 Å². The normalized spacial score (nSPS) is 38.3. The molecule has 0 radical (unpaired) electrons. The predicted molar refractivity (Wildman–Crippen MR) is 122 cm³/mol. The summed E-state index contributed by atoms with van der Waals surface area (Å²) in [5.74, 6) is -4.89. The van der Waals surface area contributed by atoms with Crippen LogP contribution < -0.4 is 0 Å². The first kappa shape index (κ1) is 27.0. The standard InChI is InChI=1S/C25H41NO8/c1-14(12-18-9-10-20(27)21(28)13-18)17(4)33-24(31)19-6-5-11-26(19)23(30)22(29)25(32)15(2)7-8-16(3)34-25/h14-21,27-28,32H,5-13H2,1-4H3/t14?,15?,16?,17?,18?,19?,20?,21?,25-/m0/s1. The van der Waals surface area contributed by atoms with E-state index < -0.39 is 53.7 Å². The minimum Gasteiger partial charge on any atom is -0.461 e. The van der Waals surface area contributed by atoms with Gasteiger partial charge in [-0.3, -0.25) is 9.59 Å². The van der Waals surface area contributed by atoms with E-state index in [1.165, 1.54) is 4.90 Å². The third-order valence-electron chi connectivity index (χ3n) is 8.06. The monoisotopic (exact) mass is 483 g/mol. The van der Waals surface area contributed by atoms with E-state index in [0.717, 1.165) is 12.8 Å². The summed E-state index contributed by atoms with van der Waals surface area (Å²) in [5, 5.41) is 30.5.